The van der Waals surface area contributed by atoms with E-state index in [1.807, 2.05) is 31.3 Å². The lowest BCUT2D eigenvalue weighted by Crippen LogP contribution is -2.39. The Bertz CT molecular complexity index is 606. The lowest BCUT2D eigenvalue weighted by molar-refractivity contribution is 0.0921. The van der Waals surface area contributed by atoms with E-state index < -0.39 is 0 Å². The molecule has 1 unspecified atom stereocenters. The van der Waals surface area contributed by atoms with Crippen LogP contribution < -0.4 is 5.32 Å². The number of benzene rings is 1. The third-order valence-electron chi connectivity index (χ3n) is 3.51. The Morgan fingerprint density at radius 2 is 2.10 bits per heavy atom. The number of aryl methyl sites for hydroxylation is 1. The zero-order valence-corrected chi connectivity index (χ0v) is 13.6. The van der Waals surface area contributed by atoms with Crippen molar-refractivity contribution in [3.05, 3.63) is 30.0 Å². The number of fused-ring (bicyclic) bond motifs is 1. The molecule has 1 N–H and O–H groups in total. The highest BCUT2D eigenvalue weighted by Gasteiger charge is 2.20. The third-order valence-corrected chi connectivity index (χ3v) is 3.97. The minimum atomic E-state index is -0.0959. The number of nitrogens with one attached hydrogen (secondary N) is 1. The second-order valence-electron chi connectivity index (χ2n) is 5.29. The number of alkyl halides is 1. The van der Waals surface area contributed by atoms with Gasteiger partial charge in [0.1, 0.15) is 0 Å². The Morgan fingerprint density at radius 1 is 1.40 bits per heavy atom. The second-order valence-corrected chi connectivity index (χ2v) is 6.08. The van der Waals surface area contributed by atoms with Gasteiger partial charge in [0.05, 0.1) is 5.52 Å². The van der Waals surface area contributed by atoms with Gasteiger partial charge in [-0.05, 0) is 18.4 Å². The number of carbonyl (C=O) groups is 1. The quantitative estimate of drug-likeness (QED) is 0.852. The van der Waals surface area contributed by atoms with Crippen LogP contribution in [0.4, 0.5) is 0 Å². The van der Waals surface area contributed by atoms with Gasteiger partial charge < -0.3 is 5.32 Å². The van der Waals surface area contributed by atoms with Crippen molar-refractivity contribution in [2.24, 2.45) is 13.0 Å². The van der Waals surface area contributed by atoms with E-state index in [1.54, 1.807) is 4.68 Å². The summed E-state index contributed by atoms with van der Waals surface area (Å²) in [6.07, 6.45) is 0.911. The van der Waals surface area contributed by atoms with Crippen LogP contribution in [0.15, 0.2) is 24.3 Å². The Hall–Kier alpha value is -1.36. The number of nitrogens with zero attached hydrogens (tertiary/aromatic N) is 2. The van der Waals surface area contributed by atoms with Crippen LogP contribution in [0, 0.1) is 5.92 Å². The maximum absolute atomic E-state index is 12.5. The van der Waals surface area contributed by atoms with E-state index in [0.717, 1.165) is 22.7 Å². The van der Waals surface area contributed by atoms with Gasteiger partial charge in [-0.25, -0.2) is 0 Å². The number of rotatable bonds is 5. The molecular formula is C15H20BrN3O. The van der Waals surface area contributed by atoms with Crippen molar-refractivity contribution in [3.63, 3.8) is 0 Å². The summed E-state index contributed by atoms with van der Waals surface area (Å²) in [5.41, 5.74) is 1.47. The fourth-order valence-electron chi connectivity index (χ4n) is 2.31. The summed E-state index contributed by atoms with van der Waals surface area (Å²) >= 11 is 3.44. The lowest BCUT2D eigenvalue weighted by Gasteiger charge is -2.21. The predicted molar refractivity (Wildman–Crippen MR) is 85.2 cm³/mol. The number of para-hydroxylation sites is 1. The number of amides is 1. The first kappa shape index (κ1) is 15.0. The molecule has 0 aliphatic heterocycles. The van der Waals surface area contributed by atoms with Crippen molar-refractivity contribution < 1.29 is 4.79 Å². The summed E-state index contributed by atoms with van der Waals surface area (Å²) in [6.45, 7) is 4.23. The summed E-state index contributed by atoms with van der Waals surface area (Å²) in [5, 5.41) is 9.22. The van der Waals surface area contributed by atoms with E-state index >= 15 is 0 Å². The van der Waals surface area contributed by atoms with Crippen LogP contribution in [-0.2, 0) is 7.05 Å². The zero-order chi connectivity index (χ0) is 14.7. The maximum Gasteiger partial charge on any atom is 0.272 e. The molecule has 0 saturated heterocycles. The minimum Gasteiger partial charge on any atom is -0.348 e. The highest BCUT2D eigenvalue weighted by Crippen LogP contribution is 2.18. The first-order chi connectivity index (χ1) is 9.54. The summed E-state index contributed by atoms with van der Waals surface area (Å²) in [7, 11) is 1.86. The molecule has 0 spiro atoms. The Morgan fingerprint density at radius 3 is 2.75 bits per heavy atom. The van der Waals surface area contributed by atoms with Gasteiger partial charge in [0.25, 0.3) is 5.91 Å². The molecule has 0 saturated carbocycles. The van der Waals surface area contributed by atoms with Crippen molar-refractivity contribution in [3.8, 4) is 0 Å². The molecule has 5 heteroatoms. The van der Waals surface area contributed by atoms with E-state index in [9.17, 15) is 4.79 Å². The highest BCUT2D eigenvalue weighted by atomic mass is 79.9. The number of hydrogen-bond donors (Lipinski definition) is 1. The second kappa shape index (κ2) is 6.39. The van der Waals surface area contributed by atoms with E-state index in [1.165, 1.54) is 0 Å². The minimum absolute atomic E-state index is 0.0959. The van der Waals surface area contributed by atoms with Gasteiger partial charge in [-0.15, -0.1) is 0 Å². The van der Waals surface area contributed by atoms with Gasteiger partial charge in [-0.2, -0.15) is 5.10 Å². The monoisotopic (exact) mass is 337 g/mol. The number of hydrogen-bond acceptors (Lipinski definition) is 2. The van der Waals surface area contributed by atoms with Crippen LogP contribution >= 0.6 is 15.9 Å². The fraction of sp³-hybridized carbons (Fsp3) is 0.467. The maximum atomic E-state index is 12.5. The third kappa shape index (κ3) is 3.03. The van der Waals surface area contributed by atoms with Gasteiger partial charge in [-0.3, -0.25) is 9.48 Å². The zero-order valence-electron chi connectivity index (χ0n) is 12.1. The van der Waals surface area contributed by atoms with Gasteiger partial charge in [-0.1, -0.05) is 48.0 Å². The first-order valence-electron chi connectivity index (χ1n) is 6.83. The highest BCUT2D eigenvalue weighted by molar-refractivity contribution is 9.09. The molecule has 0 radical (unpaired) electrons. The van der Waals surface area contributed by atoms with Gasteiger partial charge >= 0.3 is 0 Å². The van der Waals surface area contributed by atoms with Crippen LogP contribution in [0.25, 0.3) is 10.9 Å². The molecule has 0 aliphatic rings. The van der Waals surface area contributed by atoms with Crippen LogP contribution in [0.3, 0.4) is 0 Å². The average molecular weight is 338 g/mol. The topological polar surface area (TPSA) is 46.9 Å². The summed E-state index contributed by atoms with van der Waals surface area (Å²) in [4.78, 5) is 12.5. The lowest BCUT2D eigenvalue weighted by atomic mass is 10.0. The summed E-state index contributed by atoms with van der Waals surface area (Å²) in [5.74, 6) is 0.299. The SMILES string of the molecule is CC(C)C(CCBr)NC(=O)c1nn(C)c2ccccc12. The van der Waals surface area contributed by atoms with Crippen LogP contribution in [0.1, 0.15) is 30.8 Å². The van der Waals surface area contributed by atoms with Crippen LogP contribution in [0.5, 0.6) is 0 Å². The van der Waals surface area contributed by atoms with E-state index in [-0.39, 0.29) is 11.9 Å². The molecule has 0 bridgehead atoms. The molecule has 2 aromatic rings. The molecule has 1 aromatic carbocycles. The molecule has 20 heavy (non-hydrogen) atoms. The largest absolute Gasteiger partial charge is 0.348 e. The normalized spacial score (nSPS) is 12.8. The van der Waals surface area contributed by atoms with Crippen molar-refractivity contribution in [2.45, 2.75) is 26.3 Å². The summed E-state index contributed by atoms with van der Waals surface area (Å²) < 4.78 is 1.75. The van der Waals surface area contributed by atoms with Crippen molar-refractivity contribution in [2.75, 3.05) is 5.33 Å². The molecule has 108 valence electrons. The molecule has 1 amide bonds. The van der Waals surface area contributed by atoms with Gasteiger partial charge in [0, 0.05) is 23.8 Å². The fourth-order valence-corrected chi connectivity index (χ4v) is 2.80. The molecular weight excluding hydrogens is 318 g/mol. The van der Waals surface area contributed by atoms with E-state index in [2.05, 4.69) is 40.2 Å². The van der Waals surface area contributed by atoms with E-state index in [0.29, 0.717) is 11.6 Å². The van der Waals surface area contributed by atoms with Crippen LogP contribution in [0.2, 0.25) is 0 Å². The summed E-state index contributed by atoms with van der Waals surface area (Å²) in [6, 6.07) is 7.94. The molecule has 1 atom stereocenters. The molecule has 1 aromatic heterocycles. The Kier molecular flexibility index (Phi) is 4.81. The average Bonchev–Trinajstić information content (AvgIpc) is 2.76. The standard InChI is InChI=1S/C15H20BrN3O/c1-10(2)12(8-9-16)17-15(20)14-11-6-4-5-7-13(11)19(3)18-14/h4-7,10,12H,8-9H2,1-3H3,(H,17,20). The molecule has 2 rings (SSSR count). The molecule has 1 heterocycles. The predicted octanol–water partition coefficient (Wildman–Crippen LogP) is 3.11. The number of carbonyl (C=O) groups excluding carboxylic acids is 1. The molecule has 0 fully saturated rings. The molecule has 4 nitrogen and oxygen atoms in total. The van der Waals surface area contributed by atoms with Crippen molar-refractivity contribution >= 4 is 32.7 Å². The van der Waals surface area contributed by atoms with E-state index in [4.69, 9.17) is 0 Å². The van der Waals surface area contributed by atoms with Gasteiger partial charge in [0.15, 0.2) is 5.69 Å². The molecule has 0 aliphatic carbocycles. The first-order valence-corrected chi connectivity index (χ1v) is 7.95. The smallest absolute Gasteiger partial charge is 0.272 e. The Balaban J connectivity index is 2.27. The Labute approximate surface area is 127 Å². The number of halogens is 1. The van der Waals surface area contributed by atoms with Gasteiger partial charge in [0.2, 0.25) is 0 Å². The van der Waals surface area contributed by atoms with Crippen molar-refractivity contribution in [1.82, 2.24) is 15.1 Å². The van der Waals surface area contributed by atoms with Crippen molar-refractivity contribution in [1.29, 1.82) is 0 Å². The number of aromatic nitrogens is 2. The van der Waals surface area contributed by atoms with Crippen LogP contribution in [-0.4, -0.2) is 27.1 Å².